The first kappa shape index (κ1) is 98.8. The molecule has 0 unspecified atom stereocenters. The molecule has 0 aliphatic carbocycles. The van der Waals surface area contributed by atoms with E-state index >= 15 is 0 Å². The minimum Gasteiger partial charge on any atom is -0.524 e. The van der Waals surface area contributed by atoms with Crippen LogP contribution in [0.4, 0.5) is 34.1 Å². The van der Waals surface area contributed by atoms with Gasteiger partial charge in [0.2, 0.25) is 0 Å². The first-order chi connectivity index (χ1) is 36.3. The van der Waals surface area contributed by atoms with E-state index in [1.54, 1.807) is 0 Å². The maximum Gasteiger partial charge on any atom is 0.00756 e. The molecule has 0 bridgehead atoms. The minimum atomic E-state index is 0. The summed E-state index contributed by atoms with van der Waals surface area (Å²) in [6.07, 6.45) is 6.54. The molecule has 0 N–H and O–H groups in total. The normalized spacial score (nSPS) is 12.0. The number of anilines is 6. The van der Waals surface area contributed by atoms with Crippen LogP contribution < -0.4 is 29.4 Å². The van der Waals surface area contributed by atoms with Crippen LogP contribution in [-0.2, 0) is 235 Å². The second kappa shape index (κ2) is 56.9. The first-order valence-corrected chi connectivity index (χ1v) is 26.1. The Bertz CT molecular complexity index is 2330. The molecule has 8 aromatic carbocycles. The molecule has 452 valence electrons. The number of rotatable bonds is 0. The van der Waals surface area contributed by atoms with E-state index in [9.17, 15) is 0 Å². The van der Waals surface area contributed by atoms with Crippen molar-refractivity contribution in [3.05, 3.63) is 336 Å². The fraction of sp³-hybridized carbons (Fsp3) is 0.189. The van der Waals surface area contributed by atoms with Gasteiger partial charge in [-0.15, -0.1) is 38.5 Å². The zero-order valence-electron chi connectivity index (χ0n) is 54.6. The van der Waals surface area contributed by atoms with Gasteiger partial charge in [0.1, 0.15) is 0 Å². The van der Waals surface area contributed by atoms with Crippen LogP contribution in [0.2, 0.25) is 0 Å². The zero-order valence-corrected chi connectivity index (χ0v) is 71.7. The smallest absolute Gasteiger partial charge is 0.00756 e. The Kier molecular flexibility index (Phi) is 65.3. The molecular formula is C74H96N6Y6-12. The summed E-state index contributed by atoms with van der Waals surface area (Å²) < 4.78 is 0. The van der Waals surface area contributed by atoms with Gasteiger partial charge in [-0.2, -0.15) is 0 Å². The maximum absolute atomic E-state index is 2.20. The second-order valence-electron chi connectivity index (χ2n) is 18.1. The van der Waals surface area contributed by atoms with E-state index < -0.39 is 0 Å². The summed E-state index contributed by atoms with van der Waals surface area (Å²) in [6.45, 7) is 17.2. The number of para-hydroxylation sites is 6. The molecule has 0 spiro atoms. The monoisotopic (exact) mass is 1600 g/mol. The fourth-order valence-electron chi connectivity index (χ4n) is 8.94. The van der Waals surface area contributed by atoms with E-state index in [-0.39, 0.29) is 241 Å². The van der Waals surface area contributed by atoms with Gasteiger partial charge < -0.3 is 74.0 Å². The molecule has 0 aromatic heterocycles. The summed E-state index contributed by atoms with van der Waals surface area (Å²) in [7, 11) is 12.5. The summed E-state index contributed by atoms with van der Waals surface area (Å²) >= 11 is 0. The third-order valence-electron chi connectivity index (χ3n) is 13.1. The Morgan fingerprint density at radius 1 is 0.198 bits per heavy atom. The molecular weight excluding hydrogens is 1510 g/mol. The van der Waals surface area contributed by atoms with Crippen LogP contribution in [0.5, 0.6) is 0 Å². The average Bonchev–Trinajstić information content (AvgIpc) is 4.51. The quantitative estimate of drug-likeness (QED) is 0.140. The summed E-state index contributed by atoms with van der Waals surface area (Å²) in [5, 5.41) is 0. The molecule has 6 aliphatic heterocycles. The summed E-state index contributed by atoms with van der Waals surface area (Å²) in [4.78, 5) is 13.1. The molecule has 6 aliphatic rings. The van der Waals surface area contributed by atoms with Crippen LogP contribution in [0.25, 0.3) is 0 Å². The maximum atomic E-state index is 2.20. The Morgan fingerprint density at radius 3 is 0.407 bits per heavy atom. The number of fused-ring (bicyclic) bond motifs is 6. The molecule has 6 radical (unpaired) electrons. The van der Waals surface area contributed by atoms with Crippen LogP contribution in [0.1, 0.15) is 47.2 Å². The number of hydrogen-bond acceptors (Lipinski definition) is 6. The average molecular weight is 1600 g/mol. The van der Waals surface area contributed by atoms with Crippen LogP contribution in [-0.4, -0.2) is 42.3 Å². The van der Waals surface area contributed by atoms with Crippen LogP contribution in [0.15, 0.2) is 218 Å². The van der Waals surface area contributed by atoms with Gasteiger partial charge in [0.05, 0.1) is 0 Å². The van der Waals surface area contributed by atoms with Gasteiger partial charge in [0.15, 0.2) is 0 Å². The SMILES string of the molecule is CC.CN1[CH-]Cc2ccccc21.CN1[CH-]Cc2ccccc21.CN1[CH-]Cc2ccccc21.CN1[CH-]Cc2ccccc21.CN1[CH-]Cc2ccccc21.CN1[CH-]Cc2ccccc21.[CH3-].[CH3-].[CH3-].[CH3-].[CH3-].[CH3-].[Y].[Y].[Y].[Y].[Y].[Y].c1ccccc1.c1ccccc1. The zero-order chi connectivity index (χ0) is 52.3. The fourth-order valence-corrected chi connectivity index (χ4v) is 8.94. The Balaban J connectivity index is -0.000000163. The van der Waals surface area contributed by atoms with Crippen molar-refractivity contribution in [1.82, 2.24) is 0 Å². The standard InChI is InChI=1S/6C9H10N.2C6H6.C2H6.6CH3.6Y/c6*1-10-7-6-8-4-2-3-5-9(8)10;2*1-2-4-6-5-3-1;1-2;;;;;;;;;;;;/h6*2-5,7H,6H2,1H3;2*1-6H;1-2H3;6*1H3;;;;;;/q6*-1;;;;6*-1;;;;;;. The van der Waals surface area contributed by atoms with Crippen molar-refractivity contribution in [3.8, 4) is 0 Å². The molecule has 14 rings (SSSR count). The molecule has 0 saturated heterocycles. The van der Waals surface area contributed by atoms with Gasteiger partial charge in [-0.3, -0.25) is 0 Å². The first-order valence-electron chi connectivity index (χ1n) is 26.1. The minimum absolute atomic E-state index is 0. The predicted octanol–water partition coefficient (Wildman–Crippen LogP) is 18.1. The third-order valence-corrected chi connectivity index (χ3v) is 13.1. The van der Waals surface area contributed by atoms with Crippen molar-refractivity contribution in [2.24, 2.45) is 0 Å². The van der Waals surface area contributed by atoms with Crippen LogP contribution >= 0.6 is 0 Å². The van der Waals surface area contributed by atoms with Gasteiger partial charge in [-0.05, 0) is 78.7 Å². The van der Waals surface area contributed by atoms with Gasteiger partial charge in [-0.1, -0.05) is 229 Å². The van der Waals surface area contributed by atoms with Crippen molar-refractivity contribution < 1.29 is 196 Å². The second-order valence-corrected chi connectivity index (χ2v) is 18.1. The molecule has 6 nitrogen and oxygen atoms in total. The van der Waals surface area contributed by atoms with E-state index in [1.165, 1.54) is 67.5 Å². The number of hydrogen-bond donors (Lipinski definition) is 0. The largest absolute Gasteiger partial charge is 0.524 e. The topological polar surface area (TPSA) is 19.4 Å². The predicted molar refractivity (Wildman–Crippen MR) is 360 cm³/mol. The molecule has 0 amide bonds. The molecule has 0 saturated carbocycles. The molecule has 8 aromatic rings. The summed E-state index contributed by atoms with van der Waals surface area (Å²) in [5.41, 5.74) is 16.7. The van der Waals surface area contributed by atoms with Crippen LogP contribution in [0.3, 0.4) is 0 Å². The van der Waals surface area contributed by atoms with Crippen molar-refractivity contribution >= 4 is 34.1 Å². The van der Waals surface area contributed by atoms with E-state index in [2.05, 4.69) is 257 Å². The van der Waals surface area contributed by atoms with Crippen molar-refractivity contribution in [1.29, 1.82) is 0 Å². The number of benzene rings is 8. The molecule has 6 heterocycles. The number of likely N-dealkylation sites (N-methyl/N-ethyl adjacent to an activating group) is 6. The van der Waals surface area contributed by atoms with E-state index in [0.29, 0.717) is 0 Å². The van der Waals surface area contributed by atoms with Crippen LogP contribution in [0, 0.1) is 83.8 Å². The van der Waals surface area contributed by atoms with E-state index in [0.717, 1.165) is 38.5 Å². The molecule has 86 heavy (non-hydrogen) atoms. The van der Waals surface area contributed by atoms with Crippen molar-refractivity contribution in [3.63, 3.8) is 0 Å². The summed E-state index contributed by atoms with van der Waals surface area (Å²) in [6, 6.07) is 75.0. The number of nitrogens with zero attached hydrogens (tertiary/aromatic N) is 6. The van der Waals surface area contributed by atoms with Gasteiger partial charge >= 0.3 is 0 Å². The Morgan fingerprint density at radius 2 is 0.302 bits per heavy atom. The van der Waals surface area contributed by atoms with Gasteiger partial charge in [-0.25, -0.2) is 39.3 Å². The summed E-state index contributed by atoms with van der Waals surface area (Å²) in [5.74, 6) is 0. The Labute approximate surface area is 679 Å². The molecule has 0 atom stereocenters. The third kappa shape index (κ3) is 32.6. The van der Waals surface area contributed by atoms with Crippen molar-refractivity contribution in [2.45, 2.75) is 52.4 Å². The van der Waals surface area contributed by atoms with E-state index in [4.69, 9.17) is 0 Å². The van der Waals surface area contributed by atoms with Gasteiger partial charge in [0.25, 0.3) is 0 Å². The van der Waals surface area contributed by atoms with E-state index in [1.807, 2.05) is 86.6 Å². The molecule has 0 fully saturated rings. The van der Waals surface area contributed by atoms with Gasteiger partial charge in [0, 0.05) is 230 Å². The Hall–Kier alpha value is -0.817. The van der Waals surface area contributed by atoms with Crippen molar-refractivity contribution in [2.75, 3.05) is 71.7 Å². The molecule has 12 heteroatoms.